The van der Waals surface area contributed by atoms with Crippen LogP contribution in [0.15, 0.2) is 45.5 Å². The lowest BCUT2D eigenvalue weighted by Gasteiger charge is -2.13. The molecule has 8 nitrogen and oxygen atoms in total. The molecule has 10 heteroatoms. The molecule has 0 atom stereocenters. The first-order valence-electron chi connectivity index (χ1n) is 9.31. The molecule has 0 aromatic heterocycles. The van der Waals surface area contributed by atoms with Crippen LogP contribution in [-0.2, 0) is 9.53 Å². The molecule has 0 fully saturated rings. The molecule has 0 bridgehead atoms. The van der Waals surface area contributed by atoms with Gasteiger partial charge in [0, 0.05) is 11.6 Å². The molecule has 2 aromatic rings. The van der Waals surface area contributed by atoms with Crippen LogP contribution in [-0.4, -0.2) is 30.5 Å². The van der Waals surface area contributed by atoms with Crippen LogP contribution >= 0.6 is 27.5 Å². The first kappa shape index (κ1) is 22.8. The molecule has 0 N–H and O–H groups in total. The number of ether oxygens (including phenoxy) is 3. The normalized spacial score (nSPS) is 14.4. The van der Waals surface area contributed by atoms with Gasteiger partial charge in [0.15, 0.2) is 17.2 Å². The molecule has 0 saturated carbocycles. The van der Waals surface area contributed by atoms with Crippen molar-refractivity contribution in [2.24, 2.45) is 4.99 Å². The number of aliphatic imine (C=N–C) groups is 1. The summed E-state index contributed by atoms with van der Waals surface area (Å²) in [6.45, 7) is 2.63. The molecule has 31 heavy (non-hydrogen) atoms. The van der Waals surface area contributed by atoms with Crippen LogP contribution in [0.4, 0.5) is 5.69 Å². The quantitative estimate of drug-likeness (QED) is 0.152. The molecular formula is C21H18BrClN2O6. The number of benzene rings is 2. The van der Waals surface area contributed by atoms with E-state index in [1.165, 1.54) is 31.4 Å². The summed E-state index contributed by atoms with van der Waals surface area (Å²) < 4.78 is 17.1. The van der Waals surface area contributed by atoms with Gasteiger partial charge in [-0.05, 0) is 58.3 Å². The Kier molecular flexibility index (Phi) is 7.29. The summed E-state index contributed by atoms with van der Waals surface area (Å²) in [4.78, 5) is 27.0. The van der Waals surface area contributed by atoms with Crippen LogP contribution in [0.1, 0.15) is 30.9 Å². The highest BCUT2D eigenvalue weighted by Crippen LogP contribution is 2.38. The minimum Gasteiger partial charge on any atom is -0.493 e. The zero-order valence-electron chi connectivity index (χ0n) is 16.7. The molecule has 0 amide bonds. The van der Waals surface area contributed by atoms with Gasteiger partial charge in [0.25, 0.3) is 5.69 Å². The highest BCUT2D eigenvalue weighted by molar-refractivity contribution is 9.10. The predicted octanol–water partition coefficient (Wildman–Crippen LogP) is 5.54. The number of rotatable bonds is 8. The van der Waals surface area contributed by atoms with E-state index in [4.69, 9.17) is 25.8 Å². The van der Waals surface area contributed by atoms with Crippen molar-refractivity contribution in [2.45, 2.75) is 19.8 Å². The van der Waals surface area contributed by atoms with Crippen LogP contribution in [0.5, 0.6) is 11.5 Å². The van der Waals surface area contributed by atoms with Crippen molar-refractivity contribution in [3.05, 3.63) is 66.8 Å². The minimum absolute atomic E-state index is 0.0207. The van der Waals surface area contributed by atoms with E-state index in [2.05, 4.69) is 27.8 Å². The molecule has 3 rings (SSSR count). The molecule has 0 radical (unpaired) electrons. The second-order valence-electron chi connectivity index (χ2n) is 6.50. The Hall–Kier alpha value is -2.91. The largest absolute Gasteiger partial charge is 0.493 e. The fourth-order valence-electron chi connectivity index (χ4n) is 2.76. The fourth-order valence-corrected chi connectivity index (χ4v) is 3.52. The van der Waals surface area contributed by atoms with E-state index >= 15 is 0 Å². The van der Waals surface area contributed by atoms with Gasteiger partial charge in [-0.25, -0.2) is 9.79 Å². The number of methoxy groups -OCH3 is 1. The number of hydrogen-bond donors (Lipinski definition) is 0. The molecule has 2 aromatic carbocycles. The molecule has 1 aliphatic rings. The summed E-state index contributed by atoms with van der Waals surface area (Å²) in [6, 6.07) is 7.54. The summed E-state index contributed by atoms with van der Waals surface area (Å²) >= 11 is 9.30. The lowest BCUT2D eigenvalue weighted by Crippen LogP contribution is -2.06. The zero-order valence-corrected chi connectivity index (χ0v) is 19.0. The number of carbonyl (C=O) groups excluding carboxylic acids is 1. The van der Waals surface area contributed by atoms with Gasteiger partial charge in [0.1, 0.15) is 5.02 Å². The maximum Gasteiger partial charge on any atom is 0.363 e. The predicted molar refractivity (Wildman–Crippen MR) is 120 cm³/mol. The summed E-state index contributed by atoms with van der Waals surface area (Å²) in [6.07, 6.45) is 3.44. The molecule has 0 spiro atoms. The van der Waals surface area contributed by atoms with Gasteiger partial charge in [-0.3, -0.25) is 10.1 Å². The number of esters is 1. The fraction of sp³-hybridized carbons (Fsp3) is 0.238. The molecule has 162 valence electrons. The highest BCUT2D eigenvalue weighted by Gasteiger charge is 2.26. The van der Waals surface area contributed by atoms with Crippen molar-refractivity contribution in [1.29, 1.82) is 0 Å². The first-order valence-corrected chi connectivity index (χ1v) is 10.5. The van der Waals surface area contributed by atoms with Crippen LogP contribution in [0, 0.1) is 10.1 Å². The van der Waals surface area contributed by atoms with E-state index < -0.39 is 10.9 Å². The van der Waals surface area contributed by atoms with E-state index in [9.17, 15) is 14.9 Å². The van der Waals surface area contributed by atoms with Crippen molar-refractivity contribution in [3.8, 4) is 11.5 Å². The van der Waals surface area contributed by atoms with Crippen molar-refractivity contribution >= 4 is 51.2 Å². The van der Waals surface area contributed by atoms with E-state index in [0.717, 1.165) is 12.8 Å². The average Bonchev–Trinajstić information content (AvgIpc) is 3.09. The van der Waals surface area contributed by atoms with Gasteiger partial charge < -0.3 is 14.2 Å². The smallest absolute Gasteiger partial charge is 0.363 e. The van der Waals surface area contributed by atoms with Gasteiger partial charge in [-0.1, -0.05) is 24.9 Å². The van der Waals surface area contributed by atoms with E-state index in [1.807, 2.05) is 0 Å². The Morgan fingerprint density at radius 1 is 1.32 bits per heavy atom. The Labute approximate surface area is 191 Å². The van der Waals surface area contributed by atoms with E-state index in [0.29, 0.717) is 28.1 Å². The van der Waals surface area contributed by atoms with E-state index in [1.54, 1.807) is 12.1 Å². The van der Waals surface area contributed by atoms with Gasteiger partial charge in [0.2, 0.25) is 5.90 Å². The molecular weight excluding hydrogens is 492 g/mol. The van der Waals surface area contributed by atoms with Crippen LogP contribution in [0.2, 0.25) is 5.02 Å². The van der Waals surface area contributed by atoms with E-state index in [-0.39, 0.29) is 27.9 Å². The topological polar surface area (TPSA) is 100 Å². The molecule has 0 saturated heterocycles. The van der Waals surface area contributed by atoms with Gasteiger partial charge in [-0.15, -0.1) is 0 Å². The lowest BCUT2D eigenvalue weighted by molar-refractivity contribution is -0.384. The first-order chi connectivity index (χ1) is 14.8. The number of carbonyl (C=O) groups is 1. The number of hydrogen-bond acceptors (Lipinski definition) is 7. The third-order valence-corrected chi connectivity index (χ3v) is 5.22. The standard InChI is InChI=1S/C21H18BrClN2O6/c1-3-4-7-30-19-14(22)8-12(10-18(19)29-2)9-16-21(26)31-20(24-16)13-5-6-15(23)17(11-13)25(27)28/h5-6,8-11H,3-4,7H2,1-2H3/b16-9-. The van der Waals surface area contributed by atoms with Gasteiger partial charge in [-0.2, -0.15) is 0 Å². The summed E-state index contributed by atoms with van der Waals surface area (Å²) in [5.41, 5.74) is 0.640. The number of nitro groups is 1. The highest BCUT2D eigenvalue weighted by atomic mass is 79.9. The number of unbranched alkanes of at least 4 members (excludes halogenated alkanes) is 1. The third-order valence-electron chi connectivity index (χ3n) is 4.31. The second kappa shape index (κ2) is 9.93. The van der Waals surface area contributed by atoms with Crippen molar-refractivity contribution in [2.75, 3.05) is 13.7 Å². The Bertz CT molecular complexity index is 1100. The zero-order chi connectivity index (χ0) is 22.5. The number of nitrogens with zero attached hydrogens (tertiary/aromatic N) is 2. The van der Waals surface area contributed by atoms with Gasteiger partial charge >= 0.3 is 5.97 Å². The average molecular weight is 510 g/mol. The lowest BCUT2D eigenvalue weighted by atomic mass is 10.1. The SMILES string of the molecule is CCCCOc1c(Br)cc(/C=C2\N=C(c3ccc(Cl)c([N+](=O)[O-])c3)OC2=O)cc1OC. The summed E-state index contributed by atoms with van der Waals surface area (Å²) in [5.74, 6) is 0.360. The maximum absolute atomic E-state index is 12.3. The number of halogens is 2. The van der Waals surface area contributed by atoms with Crippen LogP contribution in [0.3, 0.4) is 0 Å². The summed E-state index contributed by atoms with van der Waals surface area (Å²) in [5, 5.41) is 11.1. The monoisotopic (exact) mass is 508 g/mol. The van der Waals surface area contributed by atoms with Crippen molar-refractivity contribution in [1.82, 2.24) is 0 Å². The Morgan fingerprint density at radius 2 is 2.10 bits per heavy atom. The molecule has 1 heterocycles. The third kappa shape index (κ3) is 5.23. The summed E-state index contributed by atoms with van der Waals surface area (Å²) in [7, 11) is 1.53. The molecule has 0 aliphatic carbocycles. The second-order valence-corrected chi connectivity index (χ2v) is 7.76. The maximum atomic E-state index is 12.3. The molecule has 1 aliphatic heterocycles. The Balaban J connectivity index is 1.92. The van der Waals surface area contributed by atoms with Crippen molar-refractivity contribution in [3.63, 3.8) is 0 Å². The van der Waals surface area contributed by atoms with Crippen LogP contribution in [0.25, 0.3) is 6.08 Å². The Morgan fingerprint density at radius 3 is 2.77 bits per heavy atom. The minimum atomic E-state index is -0.675. The van der Waals surface area contributed by atoms with Crippen molar-refractivity contribution < 1.29 is 23.9 Å². The number of cyclic esters (lactones) is 1. The van der Waals surface area contributed by atoms with Gasteiger partial charge in [0.05, 0.1) is 23.1 Å². The van der Waals surface area contributed by atoms with Crippen LogP contribution < -0.4 is 9.47 Å². The molecule has 0 unspecified atom stereocenters. The number of nitro benzene ring substituents is 1.